The molecule has 0 saturated carbocycles. The Morgan fingerprint density at radius 2 is 2.00 bits per heavy atom. The molecule has 0 fully saturated rings. The minimum atomic E-state index is -5.08. The summed E-state index contributed by atoms with van der Waals surface area (Å²) in [5, 5.41) is 20.8. The highest BCUT2D eigenvalue weighted by molar-refractivity contribution is 5.95. The van der Waals surface area contributed by atoms with Crippen LogP contribution in [0.4, 0.5) is 18.9 Å². The molecular weight excluding hydrogens is 401 g/mol. The molecular formula is C16H17F3N4O6. The molecule has 13 heteroatoms. The Bertz CT molecular complexity index is 866. The van der Waals surface area contributed by atoms with Crippen LogP contribution in [0.2, 0.25) is 0 Å². The standard InChI is InChI=1S/C14H16N4O4.C2HF3O2/c1-3-22-13(19)11-8(2)16-14(15)17-12(11)9-5-4-6-10(7-9)18(20)21;3-2(4,5)1(6)7/h4-7,12H,3H2,1-2H3,(H3,15,16,17);(H,6,7). The van der Waals surface area contributed by atoms with Crippen molar-refractivity contribution in [2.75, 3.05) is 6.61 Å². The third-order valence-electron chi connectivity index (χ3n) is 3.40. The van der Waals surface area contributed by atoms with E-state index in [0.29, 0.717) is 11.3 Å². The van der Waals surface area contributed by atoms with Crippen molar-refractivity contribution in [1.29, 1.82) is 0 Å². The van der Waals surface area contributed by atoms with Gasteiger partial charge >= 0.3 is 18.1 Å². The van der Waals surface area contributed by atoms with Crippen molar-refractivity contribution < 1.29 is 37.5 Å². The van der Waals surface area contributed by atoms with Gasteiger partial charge in [-0.1, -0.05) is 12.1 Å². The Morgan fingerprint density at radius 3 is 2.48 bits per heavy atom. The van der Waals surface area contributed by atoms with Gasteiger partial charge in [-0.15, -0.1) is 0 Å². The number of nitrogens with zero attached hydrogens (tertiary/aromatic N) is 2. The number of rotatable bonds is 4. The molecule has 1 aliphatic heterocycles. The first-order valence-electron chi connectivity index (χ1n) is 7.91. The Balaban J connectivity index is 0.000000516. The number of hydrogen-bond donors (Lipinski definition) is 3. The van der Waals surface area contributed by atoms with Gasteiger partial charge in [0.05, 0.1) is 17.1 Å². The summed E-state index contributed by atoms with van der Waals surface area (Å²) in [5.41, 5.74) is 6.93. The van der Waals surface area contributed by atoms with Gasteiger partial charge in [0.2, 0.25) is 0 Å². The van der Waals surface area contributed by atoms with Gasteiger partial charge in [0.1, 0.15) is 6.04 Å². The average Bonchev–Trinajstić information content (AvgIpc) is 2.61. The fraction of sp³-hybridized carbons (Fsp3) is 0.312. The molecule has 0 radical (unpaired) electrons. The maximum absolute atomic E-state index is 12.2. The monoisotopic (exact) mass is 418 g/mol. The fourth-order valence-electron chi connectivity index (χ4n) is 2.22. The van der Waals surface area contributed by atoms with E-state index in [-0.39, 0.29) is 23.8 Å². The van der Waals surface area contributed by atoms with E-state index in [1.54, 1.807) is 26.0 Å². The zero-order chi connectivity index (χ0) is 22.4. The molecule has 1 atom stereocenters. The molecule has 0 saturated heterocycles. The Kier molecular flexibility index (Phi) is 7.68. The molecule has 29 heavy (non-hydrogen) atoms. The molecule has 0 bridgehead atoms. The number of carboxylic acids is 1. The number of carbonyl (C=O) groups is 2. The lowest BCUT2D eigenvalue weighted by Gasteiger charge is -2.24. The van der Waals surface area contributed by atoms with E-state index in [2.05, 4.69) is 10.3 Å². The van der Waals surface area contributed by atoms with Gasteiger partial charge in [-0.3, -0.25) is 10.1 Å². The molecule has 4 N–H and O–H groups in total. The molecule has 0 spiro atoms. The number of nitrogens with one attached hydrogen (secondary N) is 1. The highest BCUT2D eigenvalue weighted by Gasteiger charge is 2.38. The zero-order valence-electron chi connectivity index (χ0n) is 15.2. The largest absolute Gasteiger partial charge is 0.490 e. The van der Waals surface area contributed by atoms with E-state index >= 15 is 0 Å². The van der Waals surface area contributed by atoms with Gasteiger partial charge in [0.25, 0.3) is 5.69 Å². The first-order valence-corrected chi connectivity index (χ1v) is 7.91. The lowest BCUT2D eigenvalue weighted by molar-refractivity contribution is -0.384. The lowest BCUT2D eigenvalue weighted by atomic mass is 9.96. The maximum Gasteiger partial charge on any atom is 0.490 e. The first-order chi connectivity index (χ1) is 13.4. The van der Waals surface area contributed by atoms with Crippen molar-refractivity contribution in [3.63, 3.8) is 0 Å². The summed E-state index contributed by atoms with van der Waals surface area (Å²) in [4.78, 5) is 35.6. The summed E-state index contributed by atoms with van der Waals surface area (Å²) in [6.07, 6.45) is -5.08. The molecule has 1 aromatic rings. The second-order valence-corrected chi connectivity index (χ2v) is 5.46. The number of nitro groups is 1. The van der Waals surface area contributed by atoms with E-state index in [1.165, 1.54) is 12.1 Å². The molecule has 10 nitrogen and oxygen atoms in total. The number of hydrogen-bond acceptors (Lipinski definition) is 8. The van der Waals surface area contributed by atoms with Crippen LogP contribution in [-0.4, -0.2) is 40.7 Å². The number of allylic oxidation sites excluding steroid dienone is 1. The van der Waals surface area contributed by atoms with Crippen molar-refractivity contribution in [3.05, 3.63) is 51.2 Å². The van der Waals surface area contributed by atoms with Crippen molar-refractivity contribution in [2.45, 2.75) is 26.1 Å². The molecule has 1 aliphatic rings. The highest BCUT2D eigenvalue weighted by Crippen LogP contribution is 2.32. The minimum absolute atomic E-state index is 0.0781. The molecule has 1 heterocycles. The SMILES string of the molecule is CCOC(=O)C1=C(C)NC(N)=NC1c1cccc([N+](=O)[O-])c1.O=C(O)C(F)(F)F. The third-order valence-corrected chi connectivity index (χ3v) is 3.40. The molecule has 0 aromatic heterocycles. The normalized spacial score (nSPS) is 16.0. The predicted octanol–water partition coefficient (Wildman–Crippen LogP) is 2.02. The van der Waals surface area contributed by atoms with Crippen LogP contribution < -0.4 is 11.1 Å². The topological polar surface area (TPSA) is 157 Å². The molecule has 1 aromatic carbocycles. The Hall–Kier alpha value is -3.64. The van der Waals surface area contributed by atoms with Crippen LogP contribution in [0.3, 0.4) is 0 Å². The van der Waals surface area contributed by atoms with Gasteiger partial charge in [-0.2, -0.15) is 13.2 Å². The number of aliphatic imine (C=N–C) groups is 1. The van der Waals surface area contributed by atoms with Crippen LogP contribution in [0.1, 0.15) is 25.5 Å². The molecule has 158 valence electrons. The summed E-state index contributed by atoms with van der Waals surface area (Å²) >= 11 is 0. The van der Waals surface area contributed by atoms with Crippen molar-refractivity contribution >= 4 is 23.6 Å². The number of nitro benzene ring substituents is 1. The van der Waals surface area contributed by atoms with Crippen LogP contribution >= 0.6 is 0 Å². The zero-order valence-corrected chi connectivity index (χ0v) is 15.2. The number of guanidine groups is 1. The van der Waals surface area contributed by atoms with E-state index in [4.69, 9.17) is 20.4 Å². The van der Waals surface area contributed by atoms with Crippen molar-refractivity contribution in [1.82, 2.24) is 5.32 Å². The number of alkyl halides is 3. The van der Waals surface area contributed by atoms with Gasteiger partial charge in [0.15, 0.2) is 5.96 Å². The smallest absolute Gasteiger partial charge is 0.475 e. The van der Waals surface area contributed by atoms with Crippen LogP contribution in [0.15, 0.2) is 40.5 Å². The first kappa shape index (κ1) is 23.4. The number of nitrogens with two attached hydrogens (primary N) is 1. The van der Waals surface area contributed by atoms with Crippen molar-refractivity contribution in [2.24, 2.45) is 10.7 Å². The number of halogens is 3. The van der Waals surface area contributed by atoms with Gasteiger partial charge in [0, 0.05) is 17.8 Å². The number of carboxylic acid groups (broad SMARTS) is 1. The van der Waals surface area contributed by atoms with Crippen LogP contribution in [-0.2, 0) is 14.3 Å². The van der Waals surface area contributed by atoms with Gasteiger partial charge < -0.3 is 20.9 Å². The molecule has 0 amide bonds. The number of esters is 1. The third kappa shape index (κ3) is 6.48. The quantitative estimate of drug-likeness (QED) is 0.381. The van der Waals surface area contributed by atoms with Crippen LogP contribution in [0.25, 0.3) is 0 Å². The second kappa shape index (κ2) is 9.52. The summed E-state index contributed by atoms with van der Waals surface area (Å²) < 4.78 is 36.8. The van der Waals surface area contributed by atoms with E-state index in [1.807, 2.05) is 0 Å². The maximum atomic E-state index is 12.2. The number of non-ortho nitro benzene ring substituents is 1. The van der Waals surface area contributed by atoms with Crippen LogP contribution in [0.5, 0.6) is 0 Å². The highest BCUT2D eigenvalue weighted by atomic mass is 19.4. The van der Waals surface area contributed by atoms with Gasteiger partial charge in [-0.05, 0) is 19.4 Å². The fourth-order valence-corrected chi connectivity index (χ4v) is 2.22. The Labute approximate surface area is 162 Å². The Morgan fingerprint density at radius 1 is 1.41 bits per heavy atom. The summed E-state index contributed by atoms with van der Waals surface area (Å²) in [6, 6.07) is 5.21. The van der Waals surface area contributed by atoms with Gasteiger partial charge in [-0.25, -0.2) is 14.6 Å². The number of benzene rings is 1. The van der Waals surface area contributed by atoms with Crippen LogP contribution in [0, 0.1) is 10.1 Å². The number of ether oxygens (including phenoxy) is 1. The number of aliphatic carboxylic acids is 1. The van der Waals surface area contributed by atoms with E-state index < -0.39 is 29.1 Å². The summed E-state index contributed by atoms with van der Waals surface area (Å²) in [6.45, 7) is 3.60. The average molecular weight is 418 g/mol. The summed E-state index contributed by atoms with van der Waals surface area (Å²) in [7, 11) is 0. The van der Waals surface area contributed by atoms with E-state index in [9.17, 15) is 28.1 Å². The summed E-state index contributed by atoms with van der Waals surface area (Å²) in [5.74, 6) is -3.14. The number of carbonyl (C=O) groups excluding carboxylic acids is 1. The minimum Gasteiger partial charge on any atom is -0.475 e. The van der Waals surface area contributed by atoms with Crippen molar-refractivity contribution in [3.8, 4) is 0 Å². The molecule has 1 unspecified atom stereocenters. The lowest BCUT2D eigenvalue weighted by Crippen LogP contribution is -2.37. The van der Waals surface area contributed by atoms with E-state index in [0.717, 1.165) is 0 Å². The molecule has 0 aliphatic carbocycles. The second-order valence-electron chi connectivity index (χ2n) is 5.46. The predicted molar refractivity (Wildman–Crippen MR) is 93.6 cm³/mol. The molecule has 2 rings (SSSR count).